The highest BCUT2D eigenvalue weighted by molar-refractivity contribution is 7.80. The van der Waals surface area contributed by atoms with E-state index in [2.05, 4.69) is 10.6 Å². The van der Waals surface area contributed by atoms with Gasteiger partial charge < -0.3 is 25.0 Å². The van der Waals surface area contributed by atoms with Crippen LogP contribution in [0.2, 0.25) is 5.02 Å². The molecule has 162 valence electrons. The van der Waals surface area contributed by atoms with Gasteiger partial charge in [-0.15, -0.1) is 11.3 Å². The van der Waals surface area contributed by atoms with Gasteiger partial charge in [-0.3, -0.25) is 4.79 Å². The fourth-order valence-corrected chi connectivity index (χ4v) is 4.46. The molecule has 0 saturated carbocycles. The zero-order valence-electron chi connectivity index (χ0n) is 17.4. The lowest BCUT2D eigenvalue weighted by Gasteiger charge is -2.18. The van der Waals surface area contributed by atoms with Crippen molar-refractivity contribution >= 4 is 62.8 Å². The highest BCUT2D eigenvalue weighted by atomic mass is 35.5. The van der Waals surface area contributed by atoms with Crippen molar-refractivity contribution in [2.75, 3.05) is 37.9 Å². The summed E-state index contributed by atoms with van der Waals surface area (Å²) in [6, 6.07) is 5.08. The van der Waals surface area contributed by atoms with Gasteiger partial charge in [-0.1, -0.05) is 11.6 Å². The van der Waals surface area contributed by atoms with Crippen LogP contribution in [0.5, 0.6) is 5.75 Å². The van der Waals surface area contributed by atoms with Crippen LogP contribution in [0.25, 0.3) is 0 Å². The van der Waals surface area contributed by atoms with Crippen molar-refractivity contribution in [3.05, 3.63) is 39.2 Å². The number of rotatable bonds is 7. The summed E-state index contributed by atoms with van der Waals surface area (Å²) in [7, 11) is 2.83. The predicted molar refractivity (Wildman–Crippen MR) is 125 cm³/mol. The zero-order valence-corrected chi connectivity index (χ0v) is 19.8. The third-order valence-electron chi connectivity index (χ3n) is 4.42. The van der Waals surface area contributed by atoms with Crippen LogP contribution in [-0.4, -0.2) is 49.2 Å². The molecular formula is C20H24ClN3O4S2. The third kappa shape index (κ3) is 5.21. The summed E-state index contributed by atoms with van der Waals surface area (Å²) in [5, 5.41) is 7.16. The van der Waals surface area contributed by atoms with Crippen LogP contribution in [0.3, 0.4) is 0 Å². The molecule has 2 N–H and O–H groups in total. The quantitative estimate of drug-likeness (QED) is 0.445. The Morgan fingerprint density at radius 2 is 1.87 bits per heavy atom. The van der Waals surface area contributed by atoms with E-state index in [1.807, 2.05) is 13.8 Å². The van der Waals surface area contributed by atoms with Crippen molar-refractivity contribution in [2.24, 2.45) is 0 Å². The highest BCUT2D eigenvalue weighted by Crippen LogP contribution is 2.35. The van der Waals surface area contributed by atoms with E-state index < -0.39 is 5.97 Å². The Morgan fingerprint density at radius 3 is 2.43 bits per heavy atom. The number of thiocarbonyl (C=S) groups is 1. The van der Waals surface area contributed by atoms with E-state index >= 15 is 0 Å². The number of hydrogen-bond donors (Lipinski definition) is 2. The van der Waals surface area contributed by atoms with Gasteiger partial charge >= 0.3 is 5.97 Å². The van der Waals surface area contributed by atoms with Crippen molar-refractivity contribution in [3.63, 3.8) is 0 Å². The van der Waals surface area contributed by atoms with E-state index in [9.17, 15) is 9.59 Å². The lowest BCUT2D eigenvalue weighted by molar-refractivity contribution is 0.0601. The largest absolute Gasteiger partial charge is 0.495 e. The first-order chi connectivity index (χ1) is 14.3. The van der Waals surface area contributed by atoms with Crippen molar-refractivity contribution in [3.8, 4) is 5.75 Å². The molecule has 1 amide bonds. The number of ether oxygens (including phenoxy) is 2. The minimum absolute atomic E-state index is 0.143. The summed E-state index contributed by atoms with van der Waals surface area (Å²) in [6.45, 7) is 6.67. The topological polar surface area (TPSA) is 79.9 Å². The van der Waals surface area contributed by atoms with Gasteiger partial charge in [0.1, 0.15) is 10.8 Å². The van der Waals surface area contributed by atoms with Crippen LogP contribution in [-0.2, 0) is 4.74 Å². The molecule has 1 aromatic heterocycles. The second-order valence-electron chi connectivity index (χ2n) is 6.15. The molecule has 0 unspecified atom stereocenters. The van der Waals surface area contributed by atoms with Crippen molar-refractivity contribution in [2.45, 2.75) is 20.8 Å². The first-order valence-corrected chi connectivity index (χ1v) is 10.8. The van der Waals surface area contributed by atoms with E-state index in [-0.39, 0.29) is 16.6 Å². The number of benzene rings is 1. The van der Waals surface area contributed by atoms with Crippen LogP contribution >= 0.6 is 35.2 Å². The van der Waals surface area contributed by atoms with Crippen LogP contribution in [0, 0.1) is 6.92 Å². The number of anilines is 2. The van der Waals surface area contributed by atoms with Crippen LogP contribution < -0.4 is 15.4 Å². The van der Waals surface area contributed by atoms with Gasteiger partial charge in [0.15, 0.2) is 5.11 Å². The lowest BCUT2D eigenvalue weighted by Crippen LogP contribution is -2.30. The van der Waals surface area contributed by atoms with Crippen LogP contribution in [0.1, 0.15) is 39.4 Å². The molecule has 10 heteroatoms. The molecule has 7 nitrogen and oxygen atoms in total. The molecule has 0 fully saturated rings. The second-order valence-corrected chi connectivity index (χ2v) is 8.02. The van der Waals surface area contributed by atoms with E-state index in [0.717, 1.165) is 11.3 Å². The third-order valence-corrected chi connectivity index (χ3v) is 6.05. The number of methoxy groups -OCH3 is 2. The number of amides is 1. The standard InChI is InChI=1S/C20H24ClN3O4S2/c1-6-24(7-2)18(25)16-11(3)15(19(26)28-5)17(30-16)23-20(29)22-13-10-12(21)8-9-14(13)27-4/h8-10H,6-7H2,1-5H3,(H2,22,23,29). The molecule has 0 radical (unpaired) electrons. The Balaban J connectivity index is 2.37. The zero-order chi connectivity index (χ0) is 22.4. The molecule has 2 rings (SSSR count). The number of halogens is 1. The monoisotopic (exact) mass is 469 g/mol. The molecule has 0 bridgehead atoms. The molecule has 0 aliphatic carbocycles. The summed E-state index contributed by atoms with van der Waals surface area (Å²) < 4.78 is 10.2. The summed E-state index contributed by atoms with van der Waals surface area (Å²) in [6.07, 6.45) is 0. The van der Waals surface area contributed by atoms with E-state index in [1.165, 1.54) is 14.2 Å². The maximum Gasteiger partial charge on any atom is 0.341 e. The van der Waals surface area contributed by atoms with Gasteiger partial charge in [0, 0.05) is 18.1 Å². The maximum absolute atomic E-state index is 12.9. The normalized spacial score (nSPS) is 10.3. The minimum atomic E-state index is -0.548. The molecule has 2 aromatic rings. The average molecular weight is 470 g/mol. The number of nitrogens with one attached hydrogen (secondary N) is 2. The number of hydrogen-bond acceptors (Lipinski definition) is 6. The van der Waals surface area contributed by atoms with E-state index in [1.54, 1.807) is 30.0 Å². The molecule has 0 spiro atoms. The van der Waals surface area contributed by atoms with E-state index in [0.29, 0.717) is 45.0 Å². The van der Waals surface area contributed by atoms with Crippen molar-refractivity contribution in [1.29, 1.82) is 0 Å². The van der Waals surface area contributed by atoms with E-state index in [4.69, 9.17) is 33.3 Å². The Morgan fingerprint density at radius 1 is 1.20 bits per heavy atom. The number of thiophene rings is 1. The first kappa shape index (κ1) is 23.9. The maximum atomic E-state index is 12.9. The summed E-state index contributed by atoms with van der Waals surface area (Å²) in [5.41, 5.74) is 1.39. The summed E-state index contributed by atoms with van der Waals surface area (Å²) >= 11 is 12.6. The van der Waals surface area contributed by atoms with Crippen molar-refractivity contribution in [1.82, 2.24) is 4.90 Å². The Bertz CT molecular complexity index is 958. The summed E-state index contributed by atoms with van der Waals surface area (Å²) in [4.78, 5) is 27.4. The number of nitrogens with zero attached hydrogens (tertiary/aromatic N) is 1. The molecule has 0 saturated heterocycles. The van der Waals surface area contributed by atoms with Crippen LogP contribution in [0.15, 0.2) is 18.2 Å². The number of carbonyl (C=O) groups is 2. The highest BCUT2D eigenvalue weighted by Gasteiger charge is 2.27. The smallest absolute Gasteiger partial charge is 0.341 e. The second kappa shape index (κ2) is 10.6. The lowest BCUT2D eigenvalue weighted by atomic mass is 10.1. The van der Waals surface area contributed by atoms with Gasteiger partial charge in [-0.2, -0.15) is 0 Å². The molecule has 0 atom stereocenters. The number of esters is 1. The Kier molecular flexibility index (Phi) is 8.45. The van der Waals surface area contributed by atoms with Crippen LogP contribution in [0.4, 0.5) is 10.7 Å². The first-order valence-electron chi connectivity index (χ1n) is 9.19. The fraction of sp³-hybridized carbons (Fsp3) is 0.350. The fourth-order valence-electron chi connectivity index (χ4n) is 2.84. The average Bonchev–Trinajstić information content (AvgIpc) is 3.04. The molecule has 30 heavy (non-hydrogen) atoms. The predicted octanol–water partition coefficient (Wildman–Crippen LogP) is 4.80. The van der Waals surface area contributed by atoms with Gasteiger partial charge in [0.2, 0.25) is 0 Å². The molecule has 1 heterocycles. The van der Waals surface area contributed by atoms with Gasteiger partial charge in [0.05, 0.1) is 30.3 Å². The van der Waals surface area contributed by atoms with Gasteiger partial charge in [-0.05, 0) is 56.8 Å². The van der Waals surface area contributed by atoms with Gasteiger partial charge in [0.25, 0.3) is 5.91 Å². The number of carbonyl (C=O) groups excluding carboxylic acids is 2. The van der Waals surface area contributed by atoms with Gasteiger partial charge in [-0.25, -0.2) is 4.79 Å². The molecule has 0 aliphatic rings. The molecular weight excluding hydrogens is 446 g/mol. The molecule has 1 aromatic carbocycles. The minimum Gasteiger partial charge on any atom is -0.495 e. The Hall–Kier alpha value is -2.36. The molecule has 0 aliphatic heterocycles. The van der Waals surface area contributed by atoms with Crippen molar-refractivity contribution < 1.29 is 19.1 Å². The SMILES string of the molecule is CCN(CC)C(=O)c1sc(NC(=S)Nc2cc(Cl)ccc2OC)c(C(=O)OC)c1C. The summed E-state index contributed by atoms with van der Waals surface area (Å²) in [5.74, 6) is -0.138. The Labute approximate surface area is 190 Å².